The van der Waals surface area contributed by atoms with Gasteiger partial charge in [-0.15, -0.1) is 0 Å². The van der Waals surface area contributed by atoms with E-state index in [1.807, 2.05) is 18.2 Å². The lowest BCUT2D eigenvalue weighted by atomic mass is 9.75. The van der Waals surface area contributed by atoms with Gasteiger partial charge in [-0.1, -0.05) is 12.1 Å². The molecule has 0 N–H and O–H groups in total. The van der Waals surface area contributed by atoms with E-state index in [0.29, 0.717) is 36.4 Å². The highest BCUT2D eigenvalue weighted by Crippen LogP contribution is 2.35. The van der Waals surface area contributed by atoms with Crippen molar-refractivity contribution < 1.29 is 14.3 Å². The molecular formula is C24H25N5O3. The van der Waals surface area contributed by atoms with E-state index in [-0.39, 0.29) is 24.4 Å². The molecule has 32 heavy (non-hydrogen) atoms. The van der Waals surface area contributed by atoms with E-state index in [2.05, 4.69) is 15.0 Å². The van der Waals surface area contributed by atoms with Crippen molar-refractivity contribution in [1.82, 2.24) is 24.8 Å². The van der Waals surface area contributed by atoms with Crippen LogP contribution < -0.4 is 4.74 Å². The zero-order chi connectivity index (χ0) is 22.6. The number of likely N-dealkylation sites (tertiary alicyclic amines) is 1. The van der Waals surface area contributed by atoms with Crippen LogP contribution in [0.4, 0.5) is 0 Å². The lowest BCUT2D eigenvalue weighted by Crippen LogP contribution is -2.56. The molecule has 0 unspecified atom stereocenters. The smallest absolute Gasteiger partial charge is 0.321 e. The number of rotatable bonds is 5. The number of likely N-dealkylation sites (N-methyl/N-ethyl adjacent to an activating group) is 1. The summed E-state index contributed by atoms with van der Waals surface area (Å²) in [6, 6.07) is 14.4. The second kappa shape index (κ2) is 9.13. The molecule has 1 aliphatic rings. The Morgan fingerprint density at radius 1 is 1.00 bits per heavy atom. The van der Waals surface area contributed by atoms with Crippen molar-refractivity contribution in [1.29, 1.82) is 0 Å². The van der Waals surface area contributed by atoms with E-state index >= 15 is 0 Å². The maximum Gasteiger partial charge on any atom is 0.321 e. The molecule has 4 rings (SSSR count). The van der Waals surface area contributed by atoms with Crippen LogP contribution in [0.15, 0.2) is 67.1 Å². The Balaban J connectivity index is 1.60. The Labute approximate surface area is 186 Å². The molecule has 1 saturated heterocycles. The summed E-state index contributed by atoms with van der Waals surface area (Å²) in [5.41, 5.74) is 0.298. The molecule has 0 saturated carbocycles. The van der Waals surface area contributed by atoms with Crippen LogP contribution in [0, 0.1) is 0 Å². The molecule has 1 aromatic carbocycles. The summed E-state index contributed by atoms with van der Waals surface area (Å²) in [7, 11) is 3.47. The monoisotopic (exact) mass is 431 g/mol. The predicted octanol–water partition coefficient (Wildman–Crippen LogP) is 2.93. The standard InChI is InChI=1S/C24H25N5O3/c1-28(2)22(31)24(20-10-3-4-12-25-20)11-6-15-29(17-24)21(30)18-8-5-9-19(16-18)32-23-26-13-7-14-27-23/h3-5,7-10,12-14,16H,6,11,15,17H2,1-2H3/t24-/m0/s1. The summed E-state index contributed by atoms with van der Waals surface area (Å²) in [6.07, 6.45) is 6.20. The first kappa shape index (κ1) is 21.4. The van der Waals surface area contributed by atoms with Gasteiger partial charge in [0.1, 0.15) is 11.2 Å². The normalized spacial score (nSPS) is 18.1. The zero-order valence-corrected chi connectivity index (χ0v) is 18.1. The van der Waals surface area contributed by atoms with Crippen molar-refractivity contribution in [2.24, 2.45) is 0 Å². The third-order valence-electron chi connectivity index (χ3n) is 5.58. The van der Waals surface area contributed by atoms with E-state index < -0.39 is 5.41 Å². The SMILES string of the molecule is CN(C)C(=O)[C@@]1(c2ccccn2)CCCN(C(=O)c2cccc(Oc3ncccn3)c2)C1. The number of benzene rings is 1. The van der Waals surface area contributed by atoms with E-state index in [0.717, 1.165) is 0 Å². The lowest BCUT2D eigenvalue weighted by molar-refractivity contribution is -0.136. The number of ether oxygens (including phenoxy) is 1. The number of carbonyl (C=O) groups excluding carboxylic acids is 2. The highest BCUT2D eigenvalue weighted by molar-refractivity contribution is 5.96. The van der Waals surface area contributed by atoms with Gasteiger partial charge >= 0.3 is 6.01 Å². The minimum absolute atomic E-state index is 0.0491. The third-order valence-corrected chi connectivity index (χ3v) is 5.58. The van der Waals surface area contributed by atoms with E-state index in [1.54, 1.807) is 72.8 Å². The van der Waals surface area contributed by atoms with Gasteiger partial charge in [-0.2, -0.15) is 0 Å². The molecule has 2 amide bonds. The van der Waals surface area contributed by atoms with Crippen LogP contribution in [0.1, 0.15) is 28.9 Å². The van der Waals surface area contributed by atoms with Crippen LogP contribution in [0.2, 0.25) is 0 Å². The maximum atomic E-state index is 13.4. The number of pyridine rings is 1. The minimum Gasteiger partial charge on any atom is -0.424 e. The molecule has 0 bridgehead atoms. The molecule has 3 heterocycles. The van der Waals surface area contributed by atoms with Crippen molar-refractivity contribution in [3.8, 4) is 11.8 Å². The number of carbonyl (C=O) groups is 2. The van der Waals surface area contributed by atoms with Gasteiger partial charge in [-0.3, -0.25) is 14.6 Å². The first-order valence-electron chi connectivity index (χ1n) is 10.5. The van der Waals surface area contributed by atoms with Gasteiger partial charge in [0.15, 0.2) is 0 Å². The topological polar surface area (TPSA) is 88.5 Å². The fraction of sp³-hybridized carbons (Fsp3) is 0.292. The first-order chi connectivity index (χ1) is 15.5. The predicted molar refractivity (Wildman–Crippen MR) is 118 cm³/mol. The summed E-state index contributed by atoms with van der Waals surface area (Å²) in [4.78, 5) is 42.6. The number of hydrogen-bond acceptors (Lipinski definition) is 6. The minimum atomic E-state index is -0.870. The molecule has 0 spiro atoms. The van der Waals surface area contributed by atoms with E-state index in [1.165, 1.54) is 0 Å². The van der Waals surface area contributed by atoms with Gasteiger partial charge in [0.05, 0.1) is 5.69 Å². The summed E-state index contributed by atoms with van der Waals surface area (Å²) in [5, 5.41) is 0. The summed E-state index contributed by atoms with van der Waals surface area (Å²) in [6.45, 7) is 0.841. The third kappa shape index (κ3) is 4.30. The van der Waals surface area contributed by atoms with Gasteiger partial charge in [0, 0.05) is 51.3 Å². The number of hydrogen-bond donors (Lipinski definition) is 0. The van der Waals surface area contributed by atoms with Gasteiger partial charge < -0.3 is 14.5 Å². The van der Waals surface area contributed by atoms with Crippen LogP contribution in [0.25, 0.3) is 0 Å². The molecule has 1 fully saturated rings. The van der Waals surface area contributed by atoms with Crippen LogP contribution in [0.3, 0.4) is 0 Å². The molecule has 8 heteroatoms. The zero-order valence-electron chi connectivity index (χ0n) is 18.1. The number of amides is 2. The lowest BCUT2D eigenvalue weighted by Gasteiger charge is -2.42. The van der Waals surface area contributed by atoms with Crippen LogP contribution in [0.5, 0.6) is 11.8 Å². The van der Waals surface area contributed by atoms with E-state index in [9.17, 15) is 9.59 Å². The molecule has 3 aromatic rings. The second-order valence-electron chi connectivity index (χ2n) is 7.99. The maximum absolute atomic E-state index is 13.4. The van der Waals surface area contributed by atoms with Crippen molar-refractivity contribution >= 4 is 11.8 Å². The molecule has 164 valence electrons. The van der Waals surface area contributed by atoms with Gasteiger partial charge in [-0.05, 0) is 49.2 Å². The Kier molecular flexibility index (Phi) is 6.11. The fourth-order valence-corrected chi connectivity index (χ4v) is 4.11. The van der Waals surface area contributed by atoms with Crippen molar-refractivity contribution in [3.63, 3.8) is 0 Å². The Bertz CT molecular complexity index is 1090. The number of nitrogens with zero attached hydrogens (tertiary/aromatic N) is 5. The Hall–Kier alpha value is -3.81. The molecular weight excluding hydrogens is 406 g/mol. The quantitative estimate of drug-likeness (QED) is 0.617. The number of piperidine rings is 1. The molecule has 1 atom stereocenters. The van der Waals surface area contributed by atoms with Gasteiger partial charge in [-0.25, -0.2) is 9.97 Å². The fourth-order valence-electron chi connectivity index (χ4n) is 4.11. The molecule has 0 radical (unpaired) electrons. The Morgan fingerprint density at radius 2 is 1.78 bits per heavy atom. The highest BCUT2D eigenvalue weighted by atomic mass is 16.5. The van der Waals surface area contributed by atoms with Crippen LogP contribution in [-0.4, -0.2) is 63.8 Å². The van der Waals surface area contributed by atoms with Crippen molar-refractivity contribution in [2.45, 2.75) is 18.3 Å². The van der Waals surface area contributed by atoms with E-state index in [4.69, 9.17) is 4.74 Å². The summed E-state index contributed by atoms with van der Waals surface area (Å²) >= 11 is 0. The largest absolute Gasteiger partial charge is 0.424 e. The Morgan fingerprint density at radius 3 is 2.50 bits per heavy atom. The summed E-state index contributed by atoms with van der Waals surface area (Å²) < 4.78 is 5.67. The second-order valence-corrected chi connectivity index (χ2v) is 7.99. The molecule has 0 aliphatic carbocycles. The molecule has 1 aliphatic heterocycles. The first-order valence-corrected chi connectivity index (χ1v) is 10.5. The average molecular weight is 431 g/mol. The summed E-state index contributed by atoms with van der Waals surface area (Å²) in [5.74, 6) is 0.266. The van der Waals surface area contributed by atoms with Crippen molar-refractivity contribution in [3.05, 3.63) is 78.4 Å². The van der Waals surface area contributed by atoms with Gasteiger partial charge in [0.25, 0.3) is 5.91 Å². The molecule has 8 nitrogen and oxygen atoms in total. The number of aromatic nitrogens is 3. The van der Waals surface area contributed by atoms with Crippen LogP contribution in [-0.2, 0) is 10.2 Å². The van der Waals surface area contributed by atoms with Crippen LogP contribution >= 0.6 is 0 Å². The van der Waals surface area contributed by atoms with Gasteiger partial charge in [0.2, 0.25) is 5.91 Å². The molecule has 2 aromatic heterocycles. The van der Waals surface area contributed by atoms with Crippen molar-refractivity contribution in [2.75, 3.05) is 27.2 Å². The average Bonchev–Trinajstić information content (AvgIpc) is 2.84. The highest BCUT2D eigenvalue weighted by Gasteiger charge is 2.46.